The molecule has 0 atom stereocenters. The number of nitrogens with zero attached hydrogens (tertiary/aromatic N) is 2. The molecule has 0 aliphatic heterocycles. The molecule has 4 rings (SSSR count). The first-order chi connectivity index (χ1) is 15.7. The number of nitrogens with one attached hydrogen (secondary N) is 1. The molecule has 1 N–H and O–H groups in total. The van der Waals surface area contributed by atoms with Crippen molar-refractivity contribution >= 4 is 16.9 Å². The monoisotopic (exact) mass is 429 g/mol. The average molecular weight is 430 g/mol. The Morgan fingerprint density at radius 3 is 2.44 bits per heavy atom. The predicted octanol–water partition coefficient (Wildman–Crippen LogP) is 5.56. The van der Waals surface area contributed by atoms with Crippen LogP contribution in [0.2, 0.25) is 0 Å². The minimum atomic E-state index is -0.487. The van der Waals surface area contributed by atoms with Gasteiger partial charge in [0.1, 0.15) is 11.6 Å². The van der Waals surface area contributed by atoms with E-state index in [0.717, 1.165) is 50.0 Å². The Balaban J connectivity index is 1.29. The Hall–Kier alpha value is -3.47. The van der Waals surface area contributed by atoms with Crippen LogP contribution in [0.25, 0.3) is 11.0 Å². The van der Waals surface area contributed by atoms with E-state index in [1.807, 2.05) is 12.1 Å². The van der Waals surface area contributed by atoms with Gasteiger partial charge in [0.25, 0.3) is 5.91 Å². The number of benzene rings is 3. The van der Waals surface area contributed by atoms with Crippen molar-refractivity contribution in [2.45, 2.75) is 38.6 Å². The molecule has 4 aromatic rings. The number of aryl methyl sites for hydroxylation is 3. The molecule has 0 aliphatic carbocycles. The molecule has 1 heterocycles. The number of unbranched alkanes of at least 4 members (excludes halogenated alkanes) is 2. The molecule has 0 aliphatic rings. The number of imidazole rings is 1. The van der Waals surface area contributed by atoms with Gasteiger partial charge >= 0.3 is 0 Å². The summed E-state index contributed by atoms with van der Waals surface area (Å²) in [5.41, 5.74) is 3.63. The van der Waals surface area contributed by atoms with E-state index >= 15 is 0 Å². The van der Waals surface area contributed by atoms with Gasteiger partial charge in [-0.2, -0.15) is 0 Å². The van der Waals surface area contributed by atoms with E-state index < -0.39 is 5.82 Å². The molecule has 1 amide bonds. The summed E-state index contributed by atoms with van der Waals surface area (Å²) in [6.45, 7) is 1.44. The zero-order chi connectivity index (χ0) is 22.2. The van der Waals surface area contributed by atoms with Crippen LogP contribution in [0.4, 0.5) is 4.39 Å². The summed E-state index contributed by atoms with van der Waals surface area (Å²) < 4.78 is 16.0. The van der Waals surface area contributed by atoms with Crippen molar-refractivity contribution in [1.29, 1.82) is 0 Å². The number of carbonyl (C=O) groups excluding carboxylic acids is 1. The van der Waals surface area contributed by atoms with Gasteiger partial charge < -0.3 is 9.88 Å². The maximum atomic E-state index is 13.7. The summed E-state index contributed by atoms with van der Waals surface area (Å²) in [7, 11) is 0. The molecular weight excluding hydrogens is 401 g/mol. The number of aromatic nitrogens is 2. The normalized spacial score (nSPS) is 11.0. The van der Waals surface area contributed by atoms with Crippen LogP contribution in [0.3, 0.4) is 0 Å². The minimum absolute atomic E-state index is 0.0969. The van der Waals surface area contributed by atoms with Crippen molar-refractivity contribution in [3.8, 4) is 0 Å². The van der Waals surface area contributed by atoms with Gasteiger partial charge in [-0.05, 0) is 49.1 Å². The first kappa shape index (κ1) is 21.8. The summed E-state index contributed by atoms with van der Waals surface area (Å²) in [5.74, 6) is 0.266. The molecule has 32 heavy (non-hydrogen) atoms. The van der Waals surface area contributed by atoms with Crippen LogP contribution in [0, 0.1) is 5.82 Å². The first-order valence-electron chi connectivity index (χ1n) is 11.2. The molecule has 5 heteroatoms. The van der Waals surface area contributed by atoms with Crippen molar-refractivity contribution in [3.63, 3.8) is 0 Å². The maximum absolute atomic E-state index is 13.7. The molecule has 164 valence electrons. The van der Waals surface area contributed by atoms with E-state index in [4.69, 9.17) is 4.98 Å². The van der Waals surface area contributed by atoms with Crippen LogP contribution >= 0.6 is 0 Å². The van der Waals surface area contributed by atoms with Gasteiger partial charge in [-0.15, -0.1) is 0 Å². The molecule has 0 saturated carbocycles. The van der Waals surface area contributed by atoms with E-state index in [-0.39, 0.29) is 11.5 Å². The Morgan fingerprint density at radius 2 is 1.59 bits per heavy atom. The predicted molar refractivity (Wildman–Crippen MR) is 126 cm³/mol. The van der Waals surface area contributed by atoms with Gasteiger partial charge in [-0.1, -0.05) is 61.0 Å². The highest BCUT2D eigenvalue weighted by Gasteiger charge is 2.11. The first-order valence-corrected chi connectivity index (χ1v) is 11.2. The van der Waals surface area contributed by atoms with Crippen molar-refractivity contribution in [3.05, 3.63) is 102 Å². The van der Waals surface area contributed by atoms with Crippen LogP contribution in [0.1, 0.15) is 41.0 Å². The topological polar surface area (TPSA) is 46.9 Å². The fraction of sp³-hybridized carbons (Fsp3) is 0.259. The Labute approximate surface area is 188 Å². The molecule has 0 radical (unpaired) electrons. The highest BCUT2D eigenvalue weighted by atomic mass is 19.1. The largest absolute Gasteiger partial charge is 0.352 e. The third-order valence-corrected chi connectivity index (χ3v) is 5.68. The number of para-hydroxylation sites is 2. The molecule has 0 bridgehead atoms. The third-order valence-electron chi connectivity index (χ3n) is 5.68. The van der Waals surface area contributed by atoms with Gasteiger partial charge in [0, 0.05) is 19.5 Å². The molecule has 1 aromatic heterocycles. The summed E-state index contributed by atoms with van der Waals surface area (Å²) in [5, 5.41) is 2.81. The fourth-order valence-corrected chi connectivity index (χ4v) is 3.98. The van der Waals surface area contributed by atoms with Crippen LogP contribution in [0.5, 0.6) is 0 Å². The Kier molecular flexibility index (Phi) is 7.28. The zero-order valence-electron chi connectivity index (χ0n) is 18.1. The number of hydrogen-bond acceptors (Lipinski definition) is 2. The van der Waals surface area contributed by atoms with Crippen LogP contribution in [0.15, 0.2) is 78.9 Å². The Bertz CT molecular complexity index is 1170. The van der Waals surface area contributed by atoms with Crippen LogP contribution in [-0.2, 0) is 19.4 Å². The molecule has 3 aromatic carbocycles. The van der Waals surface area contributed by atoms with Crippen LogP contribution < -0.4 is 5.32 Å². The summed E-state index contributed by atoms with van der Waals surface area (Å²) >= 11 is 0. The number of amides is 1. The number of halogens is 1. The highest BCUT2D eigenvalue weighted by molar-refractivity contribution is 5.94. The van der Waals surface area contributed by atoms with E-state index in [1.54, 1.807) is 12.1 Å². The summed E-state index contributed by atoms with van der Waals surface area (Å²) in [4.78, 5) is 17.0. The van der Waals surface area contributed by atoms with E-state index in [2.05, 4.69) is 52.3 Å². The van der Waals surface area contributed by atoms with Gasteiger partial charge in [0.05, 0.1) is 16.6 Å². The summed E-state index contributed by atoms with van der Waals surface area (Å²) in [6, 6.07) is 24.9. The lowest BCUT2D eigenvalue weighted by molar-refractivity contribution is 0.0949. The van der Waals surface area contributed by atoms with Gasteiger partial charge in [-0.3, -0.25) is 4.79 Å². The molecular formula is C27H28FN3O. The maximum Gasteiger partial charge on any atom is 0.254 e. The number of carbonyl (C=O) groups is 1. The van der Waals surface area contributed by atoms with Crippen molar-refractivity contribution in [1.82, 2.24) is 14.9 Å². The molecule has 0 fully saturated rings. The lowest BCUT2D eigenvalue weighted by atomic mass is 10.1. The second kappa shape index (κ2) is 10.7. The van der Waals surface area contributed by atoms with Gasteiger partial charge in [0.15, 0.2) is 0 Å². The Morgan fingerprint density at radius 1 is 0.844 bits per heavy atom. The lowest BCUT2D eigenvalue weighted by Crippen LogP contribution is -2.25. The quantitative estimate of drug-likeness (QED) is 0.336. The highest BCUT2D eigenvalue weighted by Crippen LogP contribution is 2.19. The molecule has 0 unspecified atom stereocenters. The fourth-order valence-electron chi connectivity index (χ4n) is 3.98. The third kappa shape index (κ3) is 5.41. The van der Waals surface area contributed by atoms with Crippen LogP contribution in [-0.4, -0.2) is 22.0 Å². The second-order valence-corrected chi connectivity index (χ2v) is 7.95. The van der Waals surface area contributed by atoms with E-state index in [0.29, 0.717) is 6.54 Å². The molecule has 0 saturated heterocycles. The van der Waals surface area contributed by atoms with Crippen molar-refractivity contribution < 1.29 is 9.18 Å². The van der Waals surface area contributed by atoms with Gasteiger partial charge in [-0.25, -0.2) is 9.37 Å². The van der Waals surface area contributed by atoms with Crippen molar-refractivity contribution in [2.75, 3.05) is 6.54 Å². The van der Waals surface area contributed by atoms with E-state index in [9.17, 15) is 9.18 Å². The minimum Gasteiger partial charge on any atom is -0.352 e. The molecule has 0 spiro atoms. The summed E-state index contributed by atoms with van der Waals surface area (Å²) in [6.07, 6.45) is 4.68. The average Bonchev–Trinajstić information content (AvgIpc) is 3.18. The zero-order valence-corrected chi connectivity index (χ0v) is 18.1. The smallest absolute Gasteiger partial charge is 0.254 e. The van der Waals surface area contributed by atoms with Gasteiger partial charge in [0.2, 0.25) is 0 Å². The lowest BCUT2D eigenvalue weighted by Gasteiger charge is -2.10. The number of fused-ring (bicyclic) bond motifs is 1. The number of hydrogen-bond donors (Lipinski definition) is 1. The van der Waals surface area contributed by atoms with Crippen molar-refractivity contribution in [2.24, 2.45) is 0 Å². The second-order valence-electron chi connectivity index (χ2n) is 7.95. The number of rotatable bonds is 10. The SMILES string of the molecule is O=C(NCCCCCc1nc2ccccc2n1CCc1ccccc1)c1ccccc1F. The van der Waals surface area contributed by atoms with E-state index in [1.165, 1.54) is 23.2 Å². The molecule has 4 nitrogen and oxygen atoms in total. The standard InChI is InChI=1S/C27H28FN3O/c28-23-14-7-6-13-22(23)27(32)29-19-10-2-5-17-26-30-24-15-8-9-16-25(24)31(26)20-18-21-11-3-1-4-12-21/h1,3-4,6-9,11-16H,2,5,10,17-20H2,(H,29,32).